The SMILES string of the molecule is O=C1Nc2cc(S(=O)(=O)Nc3ccc(F)c(F)c3)ccc2SC1C(=O)N1CCOCC1. The molecule has 1 fully saturated rings. The Morgan fingerprint density at radius 3 is 2.58 bits per heavy atom. The number of rotatable bonds is 4. The van der Waals surface area contributed by atoms with E-state index in [0.29, 0.717) is 31.2 Å². The molecule has 2 aromatic carbocycles. The molecular formula is C19H17F2N3O5S2. The number of sulfonamides is 1. The van der Waals surface area contributed by atoms with Crippen LogP contribution < -0.4 is 10.0 Å². The van der Waals surface area contributed by atoms with Crippen LogP contribution in [0.25, 0.3) is 0 Å². The summed E-state index contributed by atoms with van der Waals surface area (Å²) in [6, 6.07) is 6.67. The molecule has 0 radical (unpaired) electrons. The summed E-state index contributed by atoms with van der Waals surface area (Å²) in [5.74, 6) is -3.16. The van der Waals surface area contributed by atoms with Gasteiger partial charge < -0.3 is 15.0 Å². The quantitative estimate of drug-likeness (QED) is 0.664. The topological polar surface area (TPSA) is 105 Å². The zero-order valence-corrected chi connectivity index (χ0v) is 17.6. The van der Waals surface area contributed by atoms with Gasteiger partial charge >= 0.3 is 0 Å². The number of amides is 2. The van der Waals surface area contributed by atoms with Crippen LogP contribution in [-0.4, -0.2) is 56.7 Å². The van der Waals surface area contributed by atoms with Crippen molar-refractivity contribution < 1.29 is 31.5 Å². The molecule has 2 amide bonds. The Hall–Kier alpha value is -2.70. The third-order valence-electron chi connectivity index (χ3n) is 4.72. The zero-order chi connectivity index (χ0) is 22.2. The molecule has 2 aliphatic rings. The van der Waals surface area contributed by atoms with E-state index in [2.05, 4.69) is 10.0 Å². The molecule has 1 unspecified atom stereocenters. The Labute approximate surface area is 181 Å². The summed E-state index contributed by atoms with van der Waals surface area (Å²) in [6.07, 6.45) is 0. The van der Waals surface area contributed by atoms with E-state index in [1.165, 1.54) is 18.2 Å². The van der Waals surface area contributed by atoms with E-state index in [9.17, 15) is 26.8 Å². The van der Waals surface area contributed by atoms with Crippen molar-refractivity contribution in [3.8, 4) is 0 Å². The molecule has 1 atom stereocenters. The van der Waals surface area contributed by atoms with Gasteiger partial charge in [0, 0.05) is 24.1 Å². The number of carbonyl (C=O) groups excluding carboxylic acids is 2. The Balaban J connectivity index is 1.54. The van der Waals surface area contributed by atoms with Gasteiger partial charge in [0.2, 0.25) is 11.8 Å². The lowest BCUT2D eigenvalue weighted by Crippen LogP contribution is -2.49. The van der Waals surface area contributed by atoms with Crippen LogP contribution in [0.3, 0.4) is 0 Å². The van der Waals surface area contributed by atoms with Crippen LogP contribution in [0.4, 0.5) is 20.2 Å². The number of benzene rings is 2. The fourth-order valence-corrected chi connectivity index (χ4v) is 5.27. The van der Waals surface area contributed by atoms with E-state index in [4.69, 9.17) is 4.74 Å². The van der Waals surface area contributed by atoms with Gasteiger partial charge in [-0.3, -0.25) is 14.3 Å². The van der Waals surface area contributed by atoms with Crippen LogP contribution in [0.2, 0.25) is 0 Å². The van der Waals surface area contributed by atoms with Crippen molar-refractivity contribution in [3.63, 3.8) is 0 Å². The van der Waals surface area contributed by atoms with E-state index >= 15 is 0 Å². The molecule has 0 aliphatic carbocycles. The Morgan fingerprint density at radius 1 is 1.13 bits per heavy atom. The van der Waals surface area contributed by atoms with E-state index in [1.54, 1.807) is 4.90 Å². The number of carbonyl (C=O) groups is 2. The van der Waals surface area contributed by atoms with Crippen molar-refractivity contribution in [1.82, 2.24) is 4.90 Å². The summed E-state index contributed by atoms with van der Waals surface area (Å²) in [4.78, 5) is 27.1. The highest BCUT2D eigenvalue weighted by Gasteiger charge is 2.36. The van der Waals surface area contributed by atoms with Crippen LogP contribution in [0.15, 0.2) is 46.2 Å². The second-order valence-electron chi connectivity index (χ2n) is 6.82. The third kappa shape index (κ3) is 4.50. The average molecular weight is 469 g/mol. The van der Waals surface area contributed by atoms with Gasteiger partial charge in [-0.15, -0.1) is 11.8 Å². The Kier molecular flexibility index (Phi) is 5.86. The maximum Gasteiger partial charge on any atom is 0.261 e. The number of nitrogens with zero attached hydrogens (tertiary/aromatic N) is 1. The molecule has 0 aromatic heterocycles. The standard InChI is InChI=1S/C19H17F2N3O5S2/c20-13-3-1-11(9-14(13)21)23-31(27,28)12-2-4-16-15(10-12)22-18(25)17(30-16)19(26)24-5-7-29-8-6-24/h1-4,9-10,17,23H,5-8H2,(H,22,25). The summed E-state index contributed by atoms with van der Waals surface area (Å²) < 4.78 is 59.1. The molecule has 2 N–H and O–H groups in total. The second kappa shape index (κ2) is 8.44. The van der Waals surface area contributed by atoms with E-state index < -0.39 is 32.8 Å². The molecule has 12 heteroatoms. The van der Waals surface area contributed by atoms with Gasteiger partial charge in [-0.2, -0.15) is 0 Å². The number of hydrogen-bond acceptors (Lipinski definition) is 6. The lowest BCUT2D eigenvalue weighted by molar-refractivity contribution is -0.137. The molecule has 31 heavy (non-hydrogen) atoms. The molecule has 2 aliphatic heterocycles. The first kappa shape index (κ1) is 21.5. The largest absolute Gasteiger partial charge is 0.378 e. The van der Waals surface area contributed by atoms with Crippen molar-refractivity contribution in [2.45, 2.75) is 15.0 Å². The number of hydrogen-bond donors (Lipinski definition) is 2. The summed E-state index contributed by atoms with van der Waals surface area (Å²) in [7, 11) is -4.13. The number of anilines is 2. The van der Waals surface area contributed by atoms with Crippen LogP contribution in [-0.2, 0) is 24.3 Å². The van der Waals surface area contributed by atoms with Crippen molar-refractivity contribution >= 4 is 45.0 Å². The molecule has 164 valence electrons. The number of ether oxygens (including phenoxy) is 1. The monoisotopic (exact) mass is 469 g/mol. The summed E-state index contributed by atoms with van der Waals surface area (Å²) >= 11 is 1.04. The number of fused-ring (bicyclic) bond motifs is 1. The molecule has 0 saturated carbocycles. The number of nitrogens with one attached hydrogen (secondary N) is 2. The van der Waals surface area contributed by atoms with E-state index in [0.717, 1.165) is 30.0 Å². The number of halogens is 2. The summed E-state index contributed by atoms with van der Waals surface area (Å²) in [5, 5.41) is 1.60. The van der Waals surface area contributed by atoms with Gasteiger partial charge in [0.1, 0.15) is 0 Å². The van der Waals surface area contributed by atoms with E-state index in [1.807, 2.05) is 0 Å². The predicted octanol–water partition coefficient (Wildman–Crippen LogP) is 2.04. The summed E-state index contributed by atoms with van der Waals surface area (Å²) in [5.41, 5.74) is 0.0976. The van der Waals surface area contributed by atoms with Crippen LogP contribution in [0.1, 0.15) is 0 Å². The highest BCUT2D eigenvalue weighted by Crippen LogP contribution is 2.38. The van der Waals surface area contributed by atoms with Crippen molar-refractivity contribution in [1.29, 1.82) is 0 Å². The van der Waals surface area contributed by atoms with Gasteiger partial charge in [-0.05, 0) is 30.3 Å². The molecule has 2 heterocycles. The lowest BCUT2D eigenvalue weighted by Gasteiger charge is -2.31. The van der Waals surface area contributed by atoms with Gasteiger partial charge in [0.05, 0.1) is 29.5 Å². The number of thioether (sulfide) groups is 1. The van der Waals surface area contributed by atoms with Crippen molar-refractivity contribution in [3.05, 3.63) is 48.0 Å². The highest BCUT2D eigenvalue weighted by atomic mass is 32.2. The molecule has 1 saturated heterocycles. The zero-order valence-electron chi connectivity index (χ0n) is 15.9. The highest BCUT2D eigenvalue weighted by molar-refractivity contribution is 8.01. The normalized spacial score (nSPS) is 18.8. The fraction of sp³-hybridized carbons (Fsp3) is 0.263. The molecule has 0 spiro atoms. The molecule has 8 nitrogen and oxygen atoms in total. The minimum atomic E-state index is -4.13. The molecule has 2 aromatic rings. The van der Waals surface area contributed by atoms with Crippen molar-refractivity contribution in [2.24, 2.45) is 0 Å². The fourth-order valence-electron chi connectivity index (χ4n) is 3.14. The molecular weight excluding hydrogens is 452 g/mol. The second-order valence-corrected chi connectivity index (χ2v) is 9.65. The predicted molar refractivity (Wildman–Crippen MR) is 109 cm³/mol. The van der Waals surface area contributed by atoms with Gasteiger partial charge in [-0.1, -0.05) is 0 Å². The Bertz CT molecular complexity index is 1150. The van der Waals surface area contributed by atoms with Gasteiger partial charge in [0.25, 0.3) is 10.0 Å². The van der Waals surface area contributed by atoms with Crippen LogP contribution >= 0.6 is 11.8 Å². The minimum Gasteiger partial charge on any atom is -0.378 e. The first-order chi connectivity index (χ1) is 14.7. The van der Waals surface area contributed by atoms with Crippen LogP contribution in [0, 0.1) is 11.6 Å². The number of morpholine rings is 1. The van der Waals surface area contributed by atoms with Gasteiger partial charge in [-0.25, -0.2) is 17.2 Å². The van der Waals surface area contributed by atoms with Crippen LogP contribution in [0.5, 0.6) is 0 Å². The first-order valence-corrected chi connectivity index (χ1v) is 11.6. The third-order valence-corrected chi connectivity index (χ3v) is 7.36. The maximum atomic E-state index is 13.4. The maximum absolute atomic E-state index is 13.4. The van der Waals surface area contributed by atoms with Gasteiger partial charge in [0.15, 0.2) is 16.9 Å². The smallest absolute Gasteiger partial charge is 0.261 e. The first-order valence-electron chi connectivity index (χ1n) is 9.20. The van der Waals surface area contributed by atoms with E-state index in [-0.39, 0.29) is 22.2 Å². The molecule has 4 rings (SSSR count). The molecule has 0 bridgehead atoms. The average Bonchev–Trinajstić information content (AvgIpc) is 2.75. The lowest BCUT2D eigenvalue weighted by atomic mass is 10.2. The minimum absolute atomic E-state index is 0.147. The summed E-state index contributed by atoms with van der Waals surface area (Å²) in [6.45, 7) is 1.63. The van der Waals surface area contributed by atoms with Crippen molar-refractivity contribution in [2.75, 3.05) is 36.3 Å². The Morgan fingerprint density at radius 2 is 1.87 bits per heavy atom.